The van der Waals surface area contributed by atoms with Gasteiger partial charge in [0.2, 0.25) is 0 Å². The Kier molecular flexibility index (Phi) is 5.60. The first kappa shape index (κ1) is 22.0. The number of aromatic hydroxyl groups is 1. The molecule has 0 unspecified atom stereocenters. The molecule has 0 spiro atoms. The van der Waals surface area contributed by atoms with Crippen molar-refractivity contribution in [2.75, 3.05) is 11.3 Å². The molecule has 0 atom stereocenters. The monoisotopic (exact) mass is 466 g/mol. The van der Waals surface area contributed by atoms with Gasteiger partial charge in [0.05, 0.1) is 27.3 Å². The minimum absolute atomic E-state index is 0.105. The Morgan fingerprint density at radius 1 is 0.909 bits per heavy atom. The lowest BCUT2D eigenvalue weighted by Crippen LogP contribution is -2.31. The van der Waals surface area contributed by atoms with Crippen LogP contribution in [0.5, 0.6) is 5.75 Å². The van der Waals surface area contributed by atoms with Gasteiger partial charge in [-0.2, -0.15) is 0 Å². The summed E-state index contributed by atoms with van der Waals surface area (Å²) in [5, 5.41) is 18.9. The smallest absolute Gasteiger partial charge is 0.335 e. The van der Waals surface area contributed by atoms with E-state index < -0.39 is 21.7 Å². The number of rotatable bonds is 7. The van der Waals surface area contributed by atoms with E-state index >= 15 is 0 Å². The normalized spacial score (nSPS) is 13.2. The fourth-order valence-corrected chi connectivity index (χ4v) is 4.54. The fourth-order valence-electron chi connectivity index (χ4n) is 3.47. The summed E-state index contributed by atoms with van der Waals surface area (Å²) < 4.78 is 27.5. The van der Waals surface area contributed by atoms with E-state index in [1.54, 1.807) is 36.4 Å². The highest BCUT2D eigenvalue weighted by molar-refractivity contribution is 7.92. The second kappa shape index (κ2) is 8.40. The molecule has 2 amide bonds. The zero-order chi connectivity index (χ0) is 23.8. The lowest BCUT2D eigenvalue weighted by Gasteiger charge is -2.14. The van der Waals surface area contributed by atoms with Crippen LogP contribution in [0.2, 0.25) is 0 Å². The van der Waals surface area contributed by atoms with Crippen LogP contribution in [0.25, 0.3) is 0 Å². The van der Waals surface area contributed by atoms with E-state index in [1.165, 1.54) is 12.1 Å². The number of carbonyl (C=O) groups excluding carboxylic acids is 2. The van der Waals surface area contributed by atoms with Crippen molar-refractivity contribution in [3.8, 4) is 5.75 Å². The molecule has 3 aromatic rings. The number of hydrogen-bond acceptors (Lipinski definition) is 6. The molecule has 4 rings (SSSR count). The third kappa shape index (κ3) is 4.28. The van der Waals surface area contributed by atoms with Gasteiger partial charge in [-0.3, -0.25) is 19.2 Å². The predicted octanol–water partition coefficient (Wildman–Crippen LogP) is 2.73. The second-order valence-electron chi connectivity index (χ2n) is 7.34. The van der Waals surface area contributed by atoms with Crippen LogP contribution in [0.1, 0.15) is 36.6 Å². The van der Waals surface area contributed by atoms with Crippen molar-refractivity contribution in [3.05, 3.63) is 89.0 Å². The molecule has 0 saturated heterocycles. The molecule has 1 aliphatic rings. The Labute approximate surface area is 189 Å². The zero-order valence-electron chi connectivity index (χ0n) is 17.1. The van der Waals surface area contributed by atoms with Gasteiger partial charge in [-0.1, -0.05) is 24.3 Å². The van der Waals surface area contributed by atoms with E-state index in [-0.39, 0.29) is 34.5 Å². The van der Waals surface area contributed by atoms with Crippen LogP contribution in [-0.4, -0.2) is 47.9 Å². The maximum Gasteiger partial charge on any atom is 0.335 e. The number of hydrogen-bond donors (Lipinski definition) is 3. The number of benzene rings is 3. The van der Waals surface area contributed by atoms with Crippen LogP contribution in [-0.2, 0) is 16.4 Å². The van der Waals surface area contributed by atoms with Gasteiger partial charge in [-0.15, -0.1) is 0 Å². The average Bonchev–Trinajstić information content (AvgIpc) is 3.04. The van der Waals surface area contributed by atoms with Crippen molar-refractivity contribution in [3.63, 3.8) is 0 Å². The van der Waals surface area contributed by atoms with Gasteiger partial charge in [-0.05, 0) is 54.4 Å². The number of carbonyl (C=O) groups is 3. The third-order valence-corrected chi connectivity index (χ3v) is 6.61. The summed E-state index contributed by atoms with van der Waals surface area (Å²) in [6.07, 6.45) is 0.334. The molecule has 1 heterocycles. The average molecular weight is 466 g/mol. The van der Waals surface area contributed by atoms with Gasteiger partial charge < -0.3 is 10.2 Å². The van der Waals surface area contributed by atoms with E-state index in [1.807, 2.05) is 0 Å². The van der Waals surface area contributed by atoms with Crippen LogP contribution in [0.3, 0.4) is 0 Å². The molecule has 0 saturated carbocycles. The first-order valence-corrected chi connectivity index (χ1v) is 11.3. The van der Waals surface area contributed by atoms with Crippen molar-refractivity contribution < 1.29 is 33.0 Å². The lowest BCUT2D eigenvalue weighted by atomic mass is 10.1. The highest BCUT2D eigenvalue weighted by atomic mass is 32.2. The lowest BCUT2D eigenvalue weighted by molar-refractivity contribution is 0.0652. The van der Waals surface area contributed by atoms with Gasteiger partial charge in [0.15, 0.2) is 0 Å². The quantitative estimate of drug-likeness (QED) is 0.359. The van der Waals surface area contributed by atoms with Crippen LogP contribution < -0.4 is 4.72 Å². The molecule has 9 nitrogen and oxygen atoms in total. The summed E-state index contributed by atoms with van der Waals surface area (Å²) in [5.41, 5.74) is 0.996. The van der Waals surface area contributed by atoms with Crippen molar-refractivity contribution in [2.45, 2.75) is 11.3 Å². The third-order valence-electron chi connectivity index (χ3n) is 5.22. The first-order chi connectivity index (χ1) is 15.7. The number of nitrogens with one attached hydrogen (secondary N) is 1. The summed E-state index contributed by atoms with van der Waals surface area (Å²) in [6, 6.07) is 15.7. The van der Waals surface area contributed by atoms with Crippen LogP contribution in [0.15, 0.2) is 71.6 Å². The molecule has 33 heavy (non-hydrogen) atoms. The molecule has 0 aromatic heterocycles. The number of amides is 2. The molecular weight excluding hydrogens is 448 g/mol. The van der Waals surface area contributed by atoms with Gasteiger partial charge in [0, 0.05) is 6.54 Å². The zero-order valence-corrected chi connectivity index (χ0v) is 17.9. The molecule has 0 radical (unpaired) electrons. The number of anilines is 1. The van der Waals surface area contributed by atoms with E-state index in [2.05, 4.69) is 4.72 Å². The Bertz CT molecular complexity index is 1350. The number of fused-ring (bicyclic) bond motifs is 1. The fraction of sp³-hybridized carbons (Fsp3) is 0.0870. The highest BCUT2D eigenvalue weighted by Crippen LogP contribution is 2.27. The van der Waals surface area contributed by atoms with Crippen LogP contribution in [0, 0.1) is 0 Å². The number of phenols is 1. The molecule has 0 fully saturated rings. The summed E-state index contributed by atoms with van der Waals surface area (Å²) in [5.74, 6) is -2.40. The molecule has 1 aliphatic heterocycles. The minimum atomic E-state index is -4.10. The summed E-state index contributed by atoms with van der Waals surface area (Å²) in [7, 11) is -4.10. The topological polar surface area (TPSA) is 141 Å². The Morgan fingerprint density at radius 3 is 2.09 bits per heavy atom. The SMILES string of the molecule is O=C(O)c1ccc(O)c(NS(=O)(=O)c2ccc(CCN3C(=O)c4ccccc4C3=O)cc2)c1. The first-order valence-electron chi connectivity index (χ1n) is 9.80. The number of carboxylic acid groups (broad SMARTS) is 1. The Balaban J connectivity index is 1.45. The number of imide groups is 1. The molecule has 3 aromatic carbocycles. The van der Waals surface area contributed by atoms with E-state index in [0.29, 0.717) is 23.1 Å². The van der Waals surface area contributed by atoms with Crippen LogP contribution in [0.4, 0.5) is 5.69 Å². The van der Waals surface area contributed by atoms with E-state index in [9.17, 15) is 27.9 Å². The largest absolute Gasteiger partial charge is 0.506 e. The Morgan fingerprint density at radius 2 is 1.52 bits per heavy atom. The number of phenolic OH excluding ortho intramolecular Hbond substituents is 1. The standard InChI is InChI=1S/C23H18N2O7S/c26-20-10-7-15(23(29)30)13-19(20)24-33(31,32)16-8-5-14(6-9-16)11-12-25-21(27)17-3-1-2-4-18(17)22(25)28/h1-10,13,24,26H,11-12H2,(H,29,30). The highest BCUT2D eigenvalue weighted by Gasteiger charge is 2.34. The van der Waals surface area contributed by atoms with Crippen molar-refractivity contribution >= 4 is 33.5 Å². The summed E-state index contributed by atoms with van der Waals surface area (Å²) in [6.45, 7) is 0.145. The van der Waals surface area contributed by atoms with Gasteiger partial charge >= 0.3 is 5.97 Å². The molecule has 168 valence electrons. The van der Waals surface area contributed by atoms with E-state index in [4.69, 9.17) is 5.11 Å². The van der Waals surface area contributed by atoms with Crippen molar-refractivity contribution in [1.82, 2.24) is 4.90 Å². The maximum atomic E-state index is 12.7. The molecule has 3 N–H and O–H groups in total. The Hall–Kier alpha value is -4.18. The minimum Gasteiger partial charge on any atom is -0.506 e. The van der Waals surface area contributed by atoms with Crippen molar-refractivity contribution in [1.29, 1.82) is 0 Å². The second-order valence-corrected chi connectivity index (χ2v) is 9.03. The number of aromatic carboxylic acids is 1. The molecular formula is C23H18N2O7S. The molecule has 10 heteroatoms. The number of carboxylic acids is 1. The number of nitrogens with zero attached hydrogens (tertiary/aromatic N) is 1. The van der Waals surface area contributed by atoms with Gasteiger partial charge in [-0.25, -0.2) is 13.2 Å². The van der Waals surface area contributed by atoms with Crippen molar-refractivity contribution in [2.24, 2.45) is 0 Å². The molecule has 0 bridgehead atoms. The van der Waals surface area contributed by atoms with Crippen LogP contribution >= 0.6 is 0 Å². The van der Waals surface area contributed by atoms with Gasteiger partial charge in [0.1, 0.15) is 5.75 Å². The van der Waals surface area contributed by atoms with Gasteiger partial charge in [0.25, 0.3) is 21.8 Å². The van der Waals surface area contributed by atoms with E-state index in [0.717, 1.165) is 23.1 Å². The number of sulfonamides is 1. The molecule has 0 aliphatic carbocycles. The predicted molar refractivity (Wildman–Crippen MR) is 118 cm³/mol. The summed E-state index contributed by atoms with van der Waals surface area (Å²) >= 11 is 0. The maximum absolute atomic E-state index is 12.7. The summed E-state index contributed by atoms with van der Waals surface area (Å²) in [4.78, 5) is 37.0.